The SMILES string of the molecule is CC(=O)N[C@@H]1C(=O)c2ccccc2C(=O)[C@@H]1N1CCc2ccccc2C1. The third-order valence-electron chi connectivity index (χ3n) is 5.24. The highest BCUT2D eigenvalue weighted by Gasteiger charge is 2.45. The minimum atomic E-state index is -0.847. The van der Waals surface area contributed by atoms with Crippen molar-refractivity contribution >= 4 is 17.5 Å². The molecular weight excluding hydrogens is 328 g/mol. The number of hydrogen-bond acceptors (Lipinski definition) is 4. The highest BCUT2D eigenvalue weighted by molar-refractivity contribution is 6.19. The van der Waals surface area contributed by atoms with E-state index in [1.165, 1.54) is 18.1 Å². The Kier molecular flexibility index (Phi) is 4.17. The number of carbonyl (C=O) groups is 3. The summed E-state index contributed by atoms with van der Waals surface area (Å²) in [6.07, 6.45) is 0.822. The first-order chi connectivity index (χ1) is 12.6. The van der Waals surface area contributed by atoms with Gasteiger partial charge in [0.05, 0.1) is 0 Å². The van der Waals surface area contributed by atoms with Gasteiger partial charge in [0.25, 0.3) is 0 Å². The summed E-state index contributed by atoms with van der Waals surface area (Å²) in [4.78, 5) is 40.0. The Morgan fingerprint density at radius 3 is 2.27 bits per heavy atom. The zero-order valence-electron chi connectivity index (χ0n) is 14.6. The number of Topliss-reactive ketones (excluding diaryl/α,β-unsaturated/α-hetero) is 2. The Balaban J connectivity index is 1.74. The molecule has 1 heterocycles. The number of ketones is 2. The van der Waals surface area contributed by atoms with Gasteiger partial charge in [0.2, 0.25) is 5.91 Å². The molecule has 26 heavy (non-hydrogen) atoms. The Labute approximate surface area is 152 Å². The fourth-order valence-corrected chi connectivity index (χ4v) is 4.03. The van der Waals surface area contributed by atoms with E-state index in [0.29, 0.717) is 24.2 Å². The van der Waals surface area contributed by atoms with Crippen molar-refractivity contribution in [3.8, 4) is 0 Å². The molecule has 5 nitrogen and oxygen atoms in total. The quantitative estimate of drug-likeness (QED) is 0.901. The monoisotopic (exact) mass is 348 g/mol. The van der Waals surface area contributed by atoms with Crippen LogP contribution in [0.15, 0.2) is 48.5 Å². The van der Waals surface area contributed by atoms with Crippen molar-refractivity contribution in [1.29, 1.82) is 0 Å². The van der Waals surface area contributed by atoms with Crippen molar-refractivity contribution in [2.45, 2.75) is 32.0 Å². The zero-order chi connectivity index (χ0) is 18.3. The molecule has 0 saturated heterocycles. The molecular formula is C21H20N2O3. The van der Waals surface area contributed by atoms with Gasteiger partial charge in [-0.3, -0.25) is 19.3 Å². The van der Waals surface area contributed by atoms with Crippen LogP contribution >= 0.6 is 0 Å². The van der Waals surface area contributed by atoms with Crippen molar-refractivity contribution in [2.24, 2.45) is 0 Å². The van der Waals surface area contributed by atoms with E-state index in [9.17, 15) is 14.4 Å². The molecule has 0 fully saturated rings. The van der Waals surface area contributed by atoms with Gasteiger partial charge < -0.3 is 5.32 Å². The van der Waals surface area contributed by atoms with Gasteiger partial charge >= 0.3 is 0 Å². The number of amides is 1. The van der Waals surface area contributed by atoms with Gasteiger partial charge in [0.1, 0.15) is 12.1 Å². The van der Waals surface area contributed by atoms with Crippen molar-refractivity contribution in [3.05, 3.63) is 70.8 Å². The standard InChI is InChI=1S/C21H20N2O3/c1-13(24)22-18-19(21(26)17-9-5-4-8-16(17)20(18)25)23-11-10-14-6-2-3-7-15(14)12-23/h2-9,18-19H,10-12H2,1H3,(H,22,24)/t18-,19+/m0/s1. The number of benzene rings is 2. The van der Waals surface area contributed by atoms with E-state index in [-0.39, 0.29) is 17.5 Å². The minimum absolute atomic E-state index is 0.0988. The minimum Gasteiger partial charge on any atom is -0.344 e. The second kappa shape index (κ2) is 6.50. The maximum atomic E-state index is 13.2. The van der Waals surface area contributed by atoms with E-state index in [4.69, 9.17) is 0 Å². The van der Waals surface area contributed by atoms with Crippen LogP contribution in [0.3, 0.4) is 0 Å². The maximum Gasteiger partial charge on any atom is 0.217 e. The third-order valence-corrected chi connectivity index (χ3v) is 5.24. The number of nitrogens with one attached hydrogen (secondary N) is 1. The third kappa shape index (κ3) is 2.74. The molecule has 132 valence electrons. The molecule has 1 N–H and O–H groups in total. The predicted molar refractivity (Wildman–Crippen MR) is 97.1 cm³/mol. The van der Waals surface area contributed by atoms with Crippen LogP contribution in [0.25, 0.3) is 0 Å². The van der Waals surface area contributed by atoms with Crippen LogP contribution in [0.5, 0.6) is 0 Å². The Hall–Kier alpha value is -2.79. The zero-order valence-corrected chi connectivity index (χ0v) is 14.6. The van der Waals surface area contributed by atoms with Crippen LogP contribution in [0.4, 0.5) is 0 Å². The number of carbonyl (C=O) groups excluding carboxylic acids is 3. The van der Waals surface area contributed by atoms with Crippen molar-refractivity contribution in [3.63, 3.8) is 0 Å². The Bertz CT molecular complexity index is 906. The molecule has 2 aromatic carbocycles. The molecule has 0 bridgehead atoms. The summed E-state index contributed by atoms with van der Waals surface area (Å²) in [5.41, 5.74) is 3.28. The number of rotatable bonds is 2. The van der Waals surface area contributed by atoms with Crippen LogP contribution in [0.1, 0.15) is 38.8 Å². The summed E-state index contributed by atoms with van der Waals surface area (Å²) >= 11 is 0. The fourth-order valence-electron chi connectivity index (χ4n) is 4.03. The van der Waals surface area contributed by atoms with Crippen LogP contribution in [0.2, 0.25) is 0 Å². The molecule has 0 aromatic heterocycles. The van der Waals surface area contributed by atoms with Gasteiger partial charge in [0, 0.05) is 31.1 Å². The van der Waals surface area contributed by atoms with Crippen LogP contribution < -0.4 is 5.32 Å². The first kappa shape index (κ1) is 16.7. The van der Waals surface area contributed by atoms with Crippen LogP contribution in [0, 0.1) is 0 Å². The summed E-state index contributed by atoms with van der Waals surface area (Å²) in [5.74, 6) is -0.601. The fraction of sp³-hybridized carbons (Fsp3) is 0.286. The van der Waals surface area contributed by atoms with E-state index in [1.807, 2.05) is 17.0 Å². The average molecular weight is 348 g/mol. The van der Waals surface area contributed by atoms with Crippen LogP contribution in [-0.2, 0) is 17.8 Å². The maximum absolute atomic E-state index is 13.2. The highest BCUT2D eigenvalue weighted by atomic mass is 16.2. The topological polar surface area (TPSA) is 66.5 Å². The molecule has 0 radical (unpaired) electrons. The lowest BCUT2D eigenvalue weighted by Crippen LogP contribution is -2.61. The predicted octanol–water partition coefficient (Wildman–Crippen LogP) is 2.00. The molecule has 4 rings (SSSR count). The van der Waals surface area contributed by atoms with Crippen molar-refractivity contribution in [2.75, 3.05) is 6.54 Å². The first-order valence-electron chi connectivity index (χ1n) is 8.81. The second-order valence-corrected chi connectivity index (χ2v) is 6.89. The first-order valence-corrected chi connectivity index (χ1v) is 8.81. The largest absolute Gasteiger partial charge is 0.344 e. The molecule has 1 aliphatic heterocycles. The Morgan fingerprint density at radius 1 is 0.962 bits per heavy atom. The molecule has 0 saturated carbocycles. The molecule has 0 spiro atoms. The number of nitrogens with zero attached hydrogens (tertiary/aromatic N) is 1. The van der Waals surface area contributed by atoms with E-state index < -0.39 is 12.1 Å². The van der Waals surface area contributed by atoms with E-state index >= 15 is 0 Å². The van der Waals surface area contributed by atoms with Gasteiger partial charge in [-0.25, -0.2) is 0 Å². The van der Waals surface area contributed by atoms with Gasteiger partial charge in [-0.1, -0.05) is 48.5 Å². The summed E-state index contributed by atoms with van der Waals surface area (Å²) in [6.45, 7) is 2.65. The summed E-state index contributed by atoms with van der Waals surface area (Å²) in [6, 6.07) is 13.5. The number of hydrogen-bond donors (Lipinski definition) is 1. The van der Waals surface area contributed by atoms with Crippen molar-refractivity contribution in [1.82, 2.24) is 10.2 Å². The van der Waals surface area contributed by atoms with E-state index in [2.05, 4.69) is 17.4 Å². The normalized spacial score (nSPS) is 22.5. The molecule has 1 amide bonds. The highest BCUT2D eigenvalue weighted by Crippen LogP contribution is 2.29. The lowest BCUT2D eigenvalue weighted by atomic mass is 9.80. The van der Waals surface area contributed by atoms with E-state index in [1.54, 1.807) is 24.3 Å². The second-order valence-electron chi connectivity index (χ2n) is 6.89. The number of fused-ring (bicyclic) bond motifs is 2. The molecule has 2 aliphatic rings. The smallest absolute Gasteiger partial charge is 0.217 e. The summed E-state index contributed by atoms with van der Waals surface area (Å²) < 4.78 is 0. The molecule has 2 atom stereocenters. The van der Waals surface area contributed by atoms with Gasteiger partial charge in [-0.2, -0.15) is 0 Å². The molecule has 2 aromatic rings. The molecule has 5 heteroatoms. The Morgan fingerprint density at radius 2 is 1.58 bits per heavy atom. The lowest BCUT2D eigenvalue weighted by Gasteiger charge is -2.40. The summed E-state index contributed by atoms with van der Waals surface area (Å²) in [7, 11) is 0. The van der Waals surface area contributed by atoms with Gasteiger partial charge in [0.15, 0.2) is 11.6 Å². The molecule has 1 aliphatic carbocycles. The summed E-state index contributed by atoms with van der Waals surface area (Å²) in [5, 5.41) is 2.72. The average Bonchev–Trinajstić information content (AvgIpc) is 2.65. The van der Waals surface area contributed by atoms with E-state index in [0.717, 1.165) is 6.42 Å². The van der Waals surface area contributed by atoms with Crippen molar-refractivity contribution < 1.29 is 14.4 Å². The van der Waals surface area contributed by atoms with Gasteiger partial charge in [-0.15, -0.1) is 0 Å². The van der Waals surface area contributed by atoms with Crippen LogP contribution in [-0.4, -0.2) is 41.0 Å². The lowest BCUT2D eigenvalue weighted by molar-refractivity contribution is -0.119. The molecule has 0 unspecified atom stereocenters. The van der Waals surface area contributed by atoms with Gasteiger partial charge in [-0.05, 0) is 17.5 Å².